The average Bonchev–Trinajstić information content (AvgIpc) is 2.41. The summed E-state index contributed by atoms with van der Waals surface area (Å²) in [5, 5.41) is 21.0. The van der Waals surface area contributed by atoms with E-state index in [1.165, 1.54) is 0 Å². The van der Waals surface area contributed by atoms with E-state index in [0.717, 1.165) is 5.69 Å². The monoisotopic (exact) mass is 234 g/mol. The molecule has 2 aromatic rings. The minimum atomic E-state index is 0.412. The molecule has 0 aliphatic carbocycles. The van der Waals surface area contributed by atoms with Crippen molar-refractivity contribution in [3.8, 4) is 12.1 Å². The number of nitrogens with two attached hydrogens (primary N) is 1. The Morgan fingerprint density at radius 3 is 2.39 bits per heavy atom. The van der Waals surface area contributed by atoms with Crippen LogP contribution < -0.4 is 11.1 Å². The molecule has 0 bridgehead atoms. The second-order valence-electron chi connectivity index (χ2n) is 3.70. The van der Waals surface area contributed by atoms with Crippen LogP contribution in [-0.2, 0) is 0 Å². The van der Waals surface area contributed by atoms with Crippen molar-refractivity contribution in [2.75, 3.05) is 11.1 Å². The lowest BCUT2D eigenvalue weighted by atomic mass is 10.1. The van der Waals surface area contributed by atoms with Crippen LogP contribution in [0.3, 0.4) is 0 Å². The third-order valence-corrected chi connectivity index (χ3v) is 2.50. The van der Waals surface area contributed by atoms with Gasteiger partial charge in [0.1, 0.15) is 12.1 Å². The number of nitrogens with zero attached hydrogens (tertiary/aromatic N) is 2. The number of hydrogen-bond donors (Lipinski definition) is 2. The molecule has 0 heterocycles. The first-order valence-electron chi connectivity index (χ1n) is 5.30. The van der Waals surface area contributed by atoms with Crippen LogP contribution in [0, 0.1) is 22.7 Å². The predicted octanol–water partition coefficient (Wildman–Crippen LogP) is 2.76. The molecule has 0 saturated heterocycles. The van der Waals surface area contributed by atoms with Crippen molar-refractivity contribution in [2.45, 2.75) is 0 Å². The van der Waals surface area contributed by atoms with Gasteiger partial charge in [0, 0.05) is 11.4 Å². The molecule has 0 aliphatic rings. The summed E-state index contributed by atoms with van der Waals surface area (Å²) in [7, 11) is 0. The molecule has 0 amide bonds. The van der Waals surface area contributed by atoms with Crippen molar-refractivity contribution in [2.24, 2.45) is 0 Å². The fraction of sp³-hybridized carbons (Fsp3) is 0. The van der Waals surface area contributed by atoms with Gasteiger partial charge < -0.3 is 11.1 Å². The van der Waals surface area contributed by atoms with Gasteiger partial charge in [-0.2, -0.15) is 10.5 Å². The summed E-state index contributed by atoms with van der Waals surface area (Å²) >= 11 is 0. The molecule has 3 N–H and O–H groups in total. The molecule has 0 aromatic heterocycles. The Labute approximate surface area is 105 Å². The van der Waals surface area contributed by atoms with Gasteiger partial charge in [-0.05, 0) is 30.3 Å². The molecule has 0 saturated carbocycles. The molecule has 86 valence electrons. The minimum Gasteiger partial charge on any atom is -0.398 e. The number of rotatable bonds is 2. The molecule has 2 rings (SSSR count). The average molecular weight is 234 g/mol. The van der Waals surface area contributed by atoms with Gasteiger partial charge in [0.15, 0.2) is 0 Å². The van der Waals surface area contributed by atoms with Gasteiger partial charge in [0.05, 0.1) is 16.8 Å². The summed E-state index contributed by atoms with van der Waals surface area (Å²) in [5.41, 5.74) is 8.48. The van der Waals surface area contributed by atoms with E-state index in [4.69, 9.17) is 16.3 Å². The maximum atomic E-state index is 8.98. The Morgan fingerprint density at radius 2 is 1.67 bits per heavy atom. The second kappa shape index (κ2) is 4.90. The summed E-state index contributed by atoms with van der Waals surface area (Å²) in [5.74, 6) is 0. The third-order valence-electron chi connectivity index (χ3n) is 2.50. The van der Waals surface area contributed by atoms with E-state index in [9.17, 15) is 0 Å². The van der Waals surface area contributed by atoms with E-state index in [1.54, 1.807) is 36.4 Å². The highest BCUT2D eigenvalue weighted by Crippen LogP contribution is 2.23. The molecular formula is C14H10N4. The number of nitrogen functional groups attached to an aromatic ring is 1. The van der Waals surface area contributed by atoms with Crippen LogP contribution in [0.15, 0.2) is 42.5 Å². The van der Waals surface area contributed by atoms with Crippen molar-refractivity contribution in [3.05, 3.63) is 53.6 Å². The van der Waals surface area contributed by atoms with Crippen LogP contribution in [0.1, 0.15) is 11.1 Å². The summed E-state index contributed by atoms with van der Waals surface area (Å²) in [6.07, 6.45) is 0. The maximum absolute atomic E-state index is 8.98. The number of hydrogen-bond acceptors (Lipinski definition) is 4. The Bertz CT molecular complexity index is 662. The normalized spacial score (nSPS) is 9.22. The first kappa shape index (κ1) is 11.5. The molecule has 2 aromatic carbocycles. The molecule has 0 fully saturated rings. The van der Waals surface area contributed by atoms with E-state index in [1.807, 2.05) is 12.1 Å². The van der Waals surface area contributed by atoms with Crippen molar-refractivity contribution >= 4 is 17.1 Å². The van der Waals surface area contributed by atoms with E-state index in [2.05, 4.69) is 11.4 Å². The first-order valence-corrected chi connectivity index (χ1v) is 5.30. The zero-order valence-corrected chi connectivity index (χ0v) is 9.51. The van der Waals surface area contributed by atoms with Crippen LogP contribution >= 0.6 is 0 Å². The van der Waals surface area contributed by atoms with E-state index in [-0.39, 0.29) is 0 Å². The first-order chi connectivity index (χ1) is 8.74. The highest BCUT2D eigenvalue weighted by molar-refractivity contribution is 5.70. The van der Waals surface area contributed by atoms with Gasteiger partial charge in [0.2, 0.25) is 0 Å². The number of nitriles is 2. The summed E-state index contributed by atoms with van der Waals surface area (Å²) in [4.78, 5) is 0. The van der Waals surface area contributed by atoms with Crippen LogP contribution in [0.5, 0.6) is 0 Å². The highest BCUT2D eigenvalue weighted by atomic mass is 14.9. The van der Waals surface area contributed by atoms with Crippen LogP contribution in [0.2, 0.25) is 0 Å². The van der Waals surface area contributed by atoms with Gasteiger partial charge in [-0.15, -0.1) is 0 Å². The molecule has 18 heavy (non-hydrogen) atoms. The largest absolute Gasteiger partial charge is 0.398 e. The molecule has 0 radical (unpaired) electrons. The predicted molar refractivity (Wildman–Crippen MR) is 70.0 cm³/mol. The molecule has 0 aliphatic heterocycles. The van der Waals surface area contributed by atoms with Gasteiger partial charge in [-0.1, -0.05) is 12.1 Å². The SMILES string of the molecule is N#Cc1cc(Nc2ccccc2C#N)ccc1N. The lowest BCUT2D eigenvalue weighted by Gasteiger charge is -2.09. The van der Waals surface area contributed by atoms with Gasteiger partial charge in [-0.3, -0.25) is 0 Å². The van der Waals surface area contributed by atoms with Crippen molar-refractivity contribution < 1.29 is 0 Å². The molecule has 4 heteroatoms. The molecule has 4 nitrogen and oxygen atoms in total. The summed E-state index contributed by atoms with van der Waals surface area (Å²) in [6, 6.07) is 16.4. The van der Waals surface area contributed by atoms with Crippen molar-refractivity contribution in [1.29, 1.82) is 10.5 Å². The van der Waals surface area contributed by atoms with Crippen LogP contribution in [-0.4, -0.2) is 0 Å². The summed E-state index contributed by atoms with van der Waals surface area (Å²) < 4.78 is 0. The molecule has 0 spiro atoms. The lowest BCUT2D eigenvalue weighted by Crippen LogP contribution is -1.96. The van der Waals surface area contributed by atoms with Gasteiger partial charge >= 0.3 is 0 Å². The Balaban J connectivity index is 2.36. The van der Waals surface area contributed by atoms with Crippen molar-refractivity contribution in [3.63, 3.8) is 0 Å². The topological polar surface area (TPSA) is 85.6 Å². The summed E-state index contributed by atoms with van der Waals surface area (Å²) in [6.45, 7) is 0. The van der Waals surface area contributed by atoms with Gasteiger partial charge in [-0.25, -0.2) is 0 Å². The highest BCUT2D eigenvalue weighted by Gasteiger charge is 2.03. The smallest absolute Gasteiger partial charge is 0.101 e. The van der Waals surface area contributed by atoms with Crippen LogP contribution in [0.25, 0.3) is 0 Å². The van der Waals surface area contributed by atoms with E-state index < -0.39 is 0 Å². The molecule has 0 unspecified atom stereocenters. The van der Waals surface area contributed by atoms with Gasteiger partial charge in [0.25, 0.3) is 0 Å². The number of benzene rings is 2. The van der Waals surface area contributed by atoms with E-state index >= 15 is 0 Å². The Hall–Kier alpha value is -2.98. The Morgan fingerprint density at radius 1 is 0.944 bits per heavy atom. The minimum absolute atomic E-state index is 0.412. The second-order valence-corrected chi connectivity index (χ2v) is 3.70. The Kier molecular flexibility index (Phi) is 3.13. The molecule has 0 atom stereocenters. The number of para-hydroxylation sites is 1. The lowest BCUT2D eigenvalue weighted by molar-refractivity contribution is 1.45. The molecular weight excluding hydrogens is 224 g/mol. The zero-order valence-electron chi connectivity index (χ0n) is 9.51. The number of nitrogens with one attached hydrogen (secondary N) is 1. The maximum Gasteiger partial charge on any atom is 0.101 e. The van der Waals surface area contributed by atoms with Crippen LogP contribution in [0.4, 0.5) is 17.1 Å². The standard InChI is InChI=1S/C14H10N4/c15-8-10-3-1-2-4-14(10)18-12-5-6-13(17)11(7-12)9-16/h1-7,18H,17H2. The number of anilines is 3. The fourth-order valence-electron chi connectivity index (χ4n) is 1.58. The fourth-order valence-corrected chi connectivity index (χ4v) is 1.58. The zero-order chi connectivity index (χ0) is 13.0. The van der Waals surface area contributed by atoms with Crippen molar-refractivity contribution in [1.82, 2.24) is 0 Å². The third kappa shape index (κ3) is 2.23. The quantitative estimate of drug-likeness (QED) is 0.782. The van der Waals surface area contributed by atoms with E-state index in [0.29, 0.717) is 22.5 Å².